The highest BCUT2D eigenvalue weighted by atomic mass is 35.5. The summed E-state index contributed by atoms with van der Waals surface area (Å²) in [7, 11) is 1.47. The summed E-state index contributed by atoms with van der Waals surface area (Å²) >= 11 is 5.82. The third kappa shape index (κ3) is 2.32. The Labute approximate surface area is 81.4 Å². The SMILES string of the molecule is COc1cc(F)c(CCN)c(Cl)c1. The van der Waals surface area contributed by atoms with Crippen molar-refractivity contribution in [1.82, 2.24) is 0 Å². The van der Waals surface area contributed by atoms with Gasteiger partial charge in [-0.3, -0.25) is 0 Å². The molecule has 4 heteroatoms. The summed E-state index contributed by atoms with van der Waals surface area (Å²) in [6.07, 6.45) is 0.439. The van der Waals surface area contributed by atoms with Crippen molar-refractivity contribution >= 4 is 11.6 Å². The second kappa shape index (κ2) is 4.44. The summed E-state index contributed by atoms with van der Waals surface area (Å²) < 4.78 is 18.1. The molecule has 0 saturated heterocycles. The van der Waals surface area contributed by atoms with E-state index in [-0.39, 0.29) is 5.82 Å². The molecule has 0 fully saturated rings. The molecule has 0 radical (unpaired) electrons. The molecule has 72 valence electrons. The Morgan fingerprint density at radius 2 is 2.23 bits per heavy atom. The first kappa shape index (κ1) is 10.3. The van der Waals surface area contributed by atoms with Gasteiger partial charge in [-0.25, -0.2) is 4.39 Å². The number of ether oxygens (including phenoxy) is 1. The van der Waals surface area contributed by atoms with Gasteiger partial charge in [-0.2, -0.15) is 0 Å². The Bertz CT molecular complexity index is 281. The minimum absolute atomic E-state index is 0.363. The Morgan fingerprint density at radius 1 is 1.54 bits per heavy atom. The van der Waals surface area contributed by atoms with Crippen molar-refractivity contribution < 1.29 is 9.13 Å². The first-order chi connectivity index (χ1) is 6.19. The van der Waals surface area contributed by atoms with Crippen molar-refractivity contribution in [2.24, 2.45) is 5.73 Å². The van der Waals surface area contributed by atoms with Crippen LogP contribution in [0.4, 0.5) is 4.39 Å². The molecule has 0 aromatic heterocycles. The molecule has 1 aromatic rings. The highest BCUT2D eigenvalue weighted by Crippen LogP contribution is 2.25. The van der Waals surface area contributed by atoms with Crippen LogP contribution in [0.1, 0.15) is 5.56 Å². The van der Waals surface area contributed by atoms with Gasteiger partial charge in [-0.05, 0) is 19.0 Å². The van der Waals surface area contributed by atoms with Gasteiger partial charge in [0.15, 0.2) is 0 Å². The fourth-order valence-electron chi connectivity index (χ4n) is 1.08. The van der Waals surface area contributed by atoms with E-state index in [9.17, 15) is 4.39 Å². The van der Waals surface area contributed by atoms with E-state index < -0.39 is 0 Å². The number of halogens is 2. The maximum atomic E-state index is 13.3. The van der Waals surface area contributed by atoms with Gasteiger partial charge < -0.3 is 10.5 Å². The van der Waals surface area contributed by atoms with Gasteiger partial charge in [0.25, 0.3) is 0 Å². The van der Waals surface area contributed by atoms with Crippen LogP contribution in [-0.2, 0) is 6.42 Å². The van der Waals surface area contributed by atoms with Crippen LogP contribution >= 0.6 is 11.6 Å². The van der Waals surface area contributed by atoms with Crippen LogP contribution in [0.25, 0.3) is 0 Å². The van der Waals surface area contributed by atoms with Crippen molar-refractivity contribution in [2.75, 3.05) is 13.7 Å². The quantitative estimate of drug-likeness (QED) is 0.816. The van der Waals surface area contributed by atoms with Crippen LogP contribution in [0.5, 0.6) is 5.75 Å². The Kier molecular flexibility index (Phi) is 3.51. The molecule has 0 atom stereocenters. The van der Waals surface area contributed by atoms with E-state index in [0.29, 0.717) is 29.3 Å². The molecule has 1 rings (SSSR count). The molecule has 0 saturated carbocycles. The molecule has 0 unspecified atom stereocenters. The molecule has 0 bridgehead atoms. The van der Waals surface area contributed by atoms with Gasteiger partial charge in [-0.15, -0.1) is 0 Å². The topological polar surface area (TPSA) is 35.2 Å². The standard InChI is InChI=1S/C9H11ClFNO/c1-13-6-4-8(10)7(2-3-12)9(11)5-6/h4-5H,2-3,12H2,1H3. The largest absolute Gasteiger partial charge is 0.497 e. The predicted molar refractivity (Wildman–Crippen MR) is 50.7 cm³/mol. The third-order valence-corrected chi connectivity index (χ3v) is 2.08. The maximum absolute atomic E-state index is 13.3. The monoisotopic (exact) mass is 203 g/mol. The second-order valence-electron chi connectivity index (χ2n) is 2.61. The normalized spacial score (nSPS) is 10.2. The molecule has 0 aliphatic carbocycles. The van der Waals surface area contributed by atoms with E-state index in [1.807, 2.05) is 0 Å². The fraction of sp³-hybridized carbons (Fsp3) is 0.333. The van der Waals surface area contributed by atoms with Crippen LogP contribution in [0.2, 0.25) is 5.02 Å². The Balaban J connectivity index is 3.07. The molecular weight excluding hydrogens is 193 g/mol. The summed E-state index contributed by atoms with van der Waals surface area (Å²) in [6, 6.07) is 2.88. The number of methoxy groups -OCH3 is 1. The number of hydrogen-bond donors (Lipinski definition) is 1. The van der Waals surface area contributed by atoms with Gasteiger partial charge in [0, 0.05) is 11.6 Å². The molecule has 13 heavy (non-hydrogen) atoms. The lowest BCUT2D eigenvalue weighted by Crippen LogP contribution is -2.05. The molecule has 1 aromatic carbocycles. The van der Waals surface area contributed by atoms with Crippen molar-refractivity contribution in [3.8, 4) is 5.75 Å². The van der Waals surface area contributed by atoms with Crippen LogP contribution in [0, 0.1) is 5.82 Å². The number of hydrogen-bond acceptors (Lipinski definition) is 2. The first-order valence-corrected chi connectivity index (χ1v) is 4.28. The average Bonchev–Trinajstić information content (AvgIpc) is 2.11. The Morgan fingerprint density at radius 3 is 2.69 bits per heavy atom. The van der Waals surface area contributed by atoms with Crippen molar-refractivity contribution in [3.63, 3.8) is 0 Å². The highest BCUT2D eigenvalue weighted by Gasteiger charge is 2.08. The maximum Gasteiger partial charge on any atom is 0.131 e. The van der Waals surface area contributed by atoms with Gasteiger partial charge >= 0.3 is 0 Å². The Hall–Kier alpha value is -0.800. The van der Waals surface area contributed by atoms with E-state index in [2.05, 4.69) is 0 Å². The smallest absolute Gasteiger partial charge is 0.131 e. The van der Waals surface area contributed by atoms with E-state index >= 15 is 0 Å². The lowest BCUT2D eigenvalue weighted by atomic mass is 10.1. The zero-order valence-electron chi connectivity index (χ0n) is 7.31. The molecule has 0 aliphatic heterocycles. The summed E-state index contributed by atoms with van der Waals surface area (Å²) in [5.41, 5.74) is 5.76. The van der Waals surface area contributed by atoms with E-state index in [1.165, 1.54) is 13.2 Å². The number of nitrogens with two attached hydrogens (primary N) is 1. The van der Waals surface area contributed by atoms with Crippen LogP contribution < -0.4 is 10.5 Å². The lowest BCUT2D eigenvalue weighted by Gasteiger charge is -2.06. The third-order valence-electron chi connectivity index (χ3n) is 1.74. The molecule has 0 amide bonds. The zero-order chi connectivity index (χ0) is 9.84. The molecule has 2 N–H and O–H groups in total. The van der Waals surface area contributed by atoms with Gasteiger partial charge in [0.05, 0.1) is 12.1 Å². The van der Waals surface area contributed by atoms with E-state index in [4.69, 9.17) is 22.1 Å². The molecule has 0 heterocycles. The molecule has 0 spiro atoms. The minimum Gasteiger partial charge on any atom is -0.497 e. The van der Waals surface area contributed by atoms with Gasteiger partial charge in [0.1, 0.15) is 11.6 Å². The first-order valence-electron chi connectivity index (χ1n) is 3.91. The van der Waals surface area contributed by atoms with Gasteiger partial charge in [0.2, 0.25) is 0 Å². The highest BCUT2D eigenvalue weighted by molar-refractivity contribution is 6.31. The molecular formula is C9H11ClFNO. The van der Waals surface area contributed by atoms with E-state index in [0.717, 1.165) is 0 Å². The second-order valence-corrected chi connectivity index (χ2v) is 3.02. The van der Waals surface area contributed by atoms with Crippen LogP contribution in [0.3, 0.4) is 0 Å². The summed E-state index contributed by atoms with van der Waals surface area (Å²) in [6.45, 7) is 0.378. The van der Waals surface area contributed by atoms with Crippen molar-refractivity contribution in [2.45, 2.75) is 6.42 Å². The number of rotatable bonds is 3. The number of benzene rings is 1. The van der Waals surface area contributed by atoms with E-state index in [1.54, 1.807) is 6.07 Å². The molecule has 2 nitrogen and oxygen atoms in total. The predicted octanol–water partition coefficient (Wildman–Crippen LogP) is 1.99. The van der Waals surface area contributed by atoms with Crippen LogP contribution in [0.15, 0.2) is 12.1 Å². The zero-order valence-corrected chi connectivity index (χ0v) is 8.07. The summed E-state index contributed by atoms with van der Waals surface area (Å²) in [5.74, 6) is 0.0538. The fourth-order valence-corrected chi connectivity index (χ4v) is 1.37. The van der Waals surface area contributed by atoms with Crippen LogP contribution in [-0.4, -0.2) is 13.7 Å². The minimum atomic E-state index is -0.366. The molecule has 0 aliphatic rings. The van der Waals surface area contributed by atoms with Crippen molar-refractivity contribution in [1.29, 1.82) is 0 Å². The lowest BCUT2D eigenvalue weighted by molar-refractivity contribution is 0.410. The summed E-state index contributed by atoms with van der Waals surface area (Å²) in [5, 5.41) is 0.363. The van der Waals surface area contributed by atoms with Gasteiger partial charge in [-0.1, -0.05) is 11.6 Å². The summed E-state index contributed by atoms with van der Waals surface area (Å²) in [4.78, 5) is 0. The average molecular weight is 204 g/mol. The van der Waals surface area contributed by atoms with Crippen molar-refractivity contribution in [3.05, 3.63) is 28.5 Å².